The van der Waals surface area contributed by atoms with Gasteiger partial charge in [0.15, 0.2) is 0 Å². The summed E-state index contributed by atoms with van der Waals surface area (Å²) in [6.07, 6.45) is 1.91. The Balaban J connectivity index is 2.17. The van der Waals surface area contributed by atoms with Crippen LogP contribution in [0.1, 0.15) is 11.7 Å². The summed E-state index contributed by atoms with van der Waals surface area (Å²) in [6.45, 7) is 0.591. The van der Waals surface area contributed by atoms with Crippen LogP contribution in [0.25, 0.3) is 0 Å². The third-order valence-corrected chi connectivity index (χ3v) is 2.49. The van der Waals surface area contributed by atoms with Crippen LogP contribution in [-0.2, 0) is 4.74 Å². The molecule has 1 atom stereocenters. The fourth-order valence-corrected chi connectivity index (χ4v) is 1.58. The summed E-state index contributed by atoms with van der Waals surface area (Å²) in [4.78, 5) is 0. The van der Waals surface area contributed by atoms with Crippen LogP contribution in [0.15, 0.2) is 35.9 Å². The molecule has 1 heterocycles. The largest absolute Gasteiger partial charge is 0.392 e. The van der Waals surface area contributed by atoms with Crippen molar-refractivity contribution in [2.75, 3.05) is 13.2 Å². The number of halogens is 1. The predicted molar refractivity (Wildman–Crippen MR) is 55.3 cm³/mol. The first-order valence-corrected chi connectivity index (χ1v) is 4.85. The third kappa shape index (κ3) is 1.98. The van der Waals surface area contributed by atoms with Gasteiger partial charge in [0.25, 0.3) is 0 Å². The number of hydrogen-bond acceptors (Lipinski definition) is 2. The molecule has 0 radical (unpaired) electrons. The van der Waals surface area contributed by atoms with Crippen molar-refractivity contribution in [2.45, 2.75) is 6.10 Å². The molecule has 3 heteroatoms. The topological polar surface area (TPSA) is 29.5 Å². The van der Waals surface area contributed by atoms with Crippen molar-refractivity contribution >= 4 is 11.6 Å². The van der Waals surface area contributed by atoms with E-state index in [9.17, 15) is 0 Å². The van der Waals surface area contributed by atoms with Gasteiger partial charge in [-0.3, -0.25) is 0 Å². The molecule has 1 aromatic carbocycles. The molecule has 1 N–H and O–H groups in total. The minimum Gasteiger partial charge on any atom is -0.392 e. The van der Waals surface area contributed by atoms with Crippen molar-refractivity contribution in [3.63, 3.8) is 0 Å². The Bertz CT molecular complexity index is 343. The second kappa shape index (κ2) is 4.13. The quantitative estimate of drug-likeness (QED) is 0.760. The van der Waals surface area contributed by atoms with Gasteiger partial charge < -0.3 is 9.84 Å². The summed E-state index contributed by atoms with van der Waals surface area (Å²) in [7, 11) is 0. The minimum atomic E-state index is -0.0329. The Kier molecular flexibility index (Phi) is 2.87. The fourth-order valence-electron chi connectivity index (χ4n) is 1.45. The van der Waals surface area contributed by atoms with Crippen LogP contribution >= 0.6 is 11.6 Å². The zero-order chi connectivity index (χ0) is 9.97. The van der Waals surface area contributed by atoms with E-state index >= 15 is 0 Å². The summed E-state index contributed by atoms with van der Waals surface area (Å²) in [6, 6.07) is 7.55. The first-order chi connectivity index (χ1) is 6.79. The first kappa shape index (κ1) is 9.71. The molecule has 2 nitrogen and oxygen atoms in total. The van der Waals surface area contributed by atoms with Gasteiger partial charge in [0.1, 0.15) is 6.10 Å². The number of ether oxygens (including phenoxy) is 1. The molecule has 0 bridgehead atoms. The summed E-state index contributed by atoms with van der Waals surface area (Å²) in [5.74, 6) is 0. The zero-order valence-corrected chi connectivity index (χ0v) is 8.37. The van der Waals surface area contributed by atoms with E-state index in [2.05, 4.69) is 0 Å². The highest BCUT2D eigenvalue weighted by atomic mass is 35.5. The van der Waals surface area contributed by atoms with Crippen molar-refractivity contribution < 1.29 is 9.84 Å². The Morgan fingerprint density at radius 1 is 1.36 bits per heavy atom. The summed E-state index contributed by atoms with van der Waals surface area (Å²) in [5, 5.41) is 9.63. The number of hydrogen-bond donors (Lipinski definition) is 1. The highest BCUT2D eigenvalue weighted by Gasteiger charge is 2.16. The van der Waals surface area contributed by atoms with E-state index in [1.54, 1.807) is 0 Å². The molecule has 2 rings (SSSR count). The Morgan fingerprint density at radius 3 is 2.64 bits per heavy atom. The maximum atomic E-state index is 8.91. The average Bonchev–Trinajstić information content (AvgIpc) is 2.67. The van der Waals surface area contributed by atoms with Crippen molar-refractivity contribution in [1.82, 2.24) is 0 Å². The molecular weight excluding hydrogens is 200 g/mol. The Labute approximate surface area is 87.8 Å². The van der Waals surface area contributed by atoms with E-state index in [0.717, 1.165) is 16.2 Å². The van der Waals surface area contributed by atoms with E-state index in [1.807, 2.05) is 30.3 Å². The third-order valence-electron chi connectivity index (χ3n) is 2.24. The highest BCUT2D eigenvalue weighted by molar-refractivity contribution is 6.30. The van der Waals surface area contributed by atoms with Gasteiger partial charge in [-0.25, -0.2) is 0 Å². The zero-order valence-electron chi connectivity index (χ0n) is 7.61. The lowest BCUT2D eigenvalue weighted by Crippen LogP contribution is -1.95. The number of benzene rings is 1. The SMILES string of the molecule is OCC1=C[C@H](c2ccc(Cl)cc2)OC1. The van der Waals surface area contributed by atoms with Crippen LogP contribution in [0.2, 0.25) is 5.02 Å². The molecule has 1 aromatic rings. The lowest BCUT2D eigenvalue weighted by atomic mass is 10.1. The summed E-state index contributed by atoms with van der Waals surface area (Å²) < 4.78 is 5.49. The normalized spacial score (nSPS) is 21.0. The molecule has 0 aromatic heterocycles. The molecule has 0 saturated heterocycles. The van der Waals surface area contributed by atoms with E-state index in [0.29, 0.717) is 6.61 Å². The lowest BCUT2D eigenvalue weighted by Gasteiger charge is -2.07. The second-order valence-corrected chi connectivity index (χ2v) is 3.70. The average molecular weight is 211 g/mol. The standard InChI is InChI=1S/C11H11ClO2/c12-10-3-1-9(2-4-10)11-5-8(6-13)7-14-11/h1-5,11,13H,6-7H2/t11-/m1/s1. The van der Waals surface area contributed by atoms with Crippen molar-refractivity contribution in [2.24, 2.45) is 0 Å². The lowest BCUT2D eigenvalue weighted by molar-refractivity contribution is 0.123. The molecule has 14 heavy (non-hydrogen) atoms. The molecule has 0 saturated carbocycles. The van der Waals surface area contributed by atoms with Crippen molar-refractivity contribution in [3.8, 4) is 0 Å². The molecule has 74 valence electrons. The summed E-state index contributed by atoms with van der Waals surface area (Å²) >= 11 is 5.78. The van der Waals surface area contributed by atoms with Crippen LogP contribution in [-0.4, -0.2) is 18.3 Å². The van der Waals surface area contributed by atoms with Crippen LogP contribution in [0.5, 0.6) is 0 Å². The van der Waals surface area contributed by atoms with Gasteiger partial charge in [-0.15, -0.1) is 0 Å². The Morgan fingerprint density at radius 2 is 2.07 bits per heavy atom. The van der Waals surface area contributed by atoms with Gasteiger partial charge in [-0.05, 0) is 29.3 Å². The second-order valence-electron chi connectivity index (χ2n) is 3.27. The smallest absolute Gasteiger partial charge is 0.101 e. The van der Waals surface area contributed by atoms with E-state index in [-0.39, 0.29) is 12.7 Å². The maximum absolute atomic E-state index is 8.91. The number of rotatable bonds is 2. The molecule has 0 fully saturated rings. The van der Waals surface area contributed by atoms with Crippen molar-refractivity contribution in [3.05, 3.63) is 46.5 Å². The molecular formula is C11H11ClO2. The van der Waals surface area contributed by atoms with Gasteiger partial charge in [-0.2, -0.15) is 0 Å². The van der Waals surface area contributed by atoms with Crippen LogP contribution in [0.3, 0.4) is 0 Å². The van der Waals surface area contributed by atoms with Gasteiger partial charge in [0.05, 0.1) is 13.2 Å². The highest BCUT2D eigenvalue weighted by Crippen LogP contribution is 2.27. The number of aliphatic hydroxyl groups excluding tert-OH is 1. The number of aliphatic hydroxyl groups is 1. The predicted octanol–water partition coefficient (Wildman–Crippen LogP) is 2.33. The first-order valence-electron chi connectivity index (χ1n) is 4.47. The van der Waals surface area contributed by atoms with Gasteiger partial charge in [0, 0.05) is 5.02 Å². The fraction of sp³-hybridized carbons (Fsp3) is 0.273. The molecule has 0 spiro atoms. The van der Waals surface area contributed by atoms with Crippen LogP contribution < -0.4 is 0 Å². The van der Waals surface area contributed by atoms with Crippen LogP contribution in [0, 0.1) is 0 Å². The minimum absolute atomic E-state index is 0.0329. The van der Waals surface area contributed by atoms with E-state index in [4.69, 9.17) is 21.4 Å². The van der Waals surface area contributed by atoms with E-state index in [1.165, 1.54) is 0 Å². The van der Waals surface area contributed by atoms with Gasteiger partial charge in [-0.1, -0.05) is 23.7 Å². The molecule has 0 aliphatic carbocycles. The van der Waals surface area contributed by atoms with E-state index < -0.39 is 0 Å². The van der Waals surface area contributed by atoms with Gasteiger partial charge in [0.2, 0.25) is 0 Å². The summed E-state index contributed by atoms with van der Waals surface area (Å²) in [5.41, 5.74) is 2.00. The molecule has 0 amide bonds. The van der Waals surface area contributed by atoms with Crippen LogP contribution in [0.4, 0.5) is 0 Å². The Hall–Kier alpha value is -0.830. The maximum Gasteiger partial charge on any atom is 0.101 e. The molecule has 1 aliphatic rings. The van der Waals surface area contributed by atoms with Gasteiger partial charge >= 0.3 is 0 Å². The van der Waals surface area contributed by atoms with Crippen molar-refractivity contribution in [1.29, 1.82) is 0 Å². The molecule has 1 aliphatic heterocycles. The molecule has 0 unspecified atom stereocenters. The monoisotopic (exact) mass is 210 g/mol.